The Morgan fingerprint density at radius 3 is 2.51 bits per heavy atom. The molecule has 0 amide bonds. The predicted octanol–water partition coefficient (Wildman–Crippen LogP) is 6.70. The maximum atomic E-state index is 13.2. The molecular weight excluding hydrogens is 482 g/mol. The lowest BCUT2D eigenvalue weighted by Gasteiger charge is -2.64. The highest BCUT2D eigenvalue weighted by Gasteiger charge is 2.67. The van der Waals surface area contributed by atoms with Gasteiger partial charge in [-0.25, -0.2) is 0 Å². The van der Waals surface area contributed by atoms with Crippen molar-refractivity contribution in [1.82, 2.24) is 5.43 Å². The van der Waals surface area contributed by atoms with Crippen molar-refractivity contribution in [2.45, 2.75) is 85.5 Å². The molecular formula is C30H43N3O3S. The minimum atomic E-state index is -0.359. The number of rotatable bonds is 5. The average Bonchev–Trinajstić information content (AvgIpc) is 3.07. The van der Waals surface area contributed by atoms with Crippen LogP contribution in [0.1, 0.15) is 85.5 Å². The molecule has 4 fully saturated rings. The molecule has 1 aromatic carbocycles. The first kappa shape index (κ1) is 26.5. The molecule has 37 heavy (non-hydrogen) atoms. The summed E-state index contributed by atoms with van der Waals surface area (Å²) in [6, 6.07) is 7.71. The maximum Gasteiger partial charge on any atom is 0.312 e. The summed E-state index contributed by atoms with van der Waals surface area (Å²) in [7, 11) is 1.66. The van der Waals surface area contributed by atoms with Crippen molar-refractivity contribution in [3.8, 4) is 5.75 Å². The van der Waals surface area contributed by atoms with Gasteiger partial charge in [0.25, 0.3) is 0 Å². The molecule has 0 aromatic heterocycles. The number of hydrogen-bond acceptors (Lipinski definition) is 5. The van der Waals surface area contributed by atoms with Gasteiger partial charge >= 0.3 is 5.97 Å². The van der Waals surface area contributed by atoms with E-state index in [9.17, 15) is 4.79 Å². The molecule has 0 unspecified atom stereocenters. The lowest BCUT2D eigenvalue weighted by molar-refractivity contribution is -0.187. The van der Waals surface area contributed by atoms with E-state index in [-0.39, 0.29) is 27.6 Å². The minimum Gasteiger partial charge on any atom is -0.497 e. The van der Waals surface area contributed by atoms with Gasteiger partial charge in [0.1, 0.15) is 5.75 Å². The SMILES string of the molecule is CCOC(=O)[C@]1(C)CCC[C@@]2(C)[C@@H]3CC[C@@]4(C)C[C@]3(CC[C@@H]21)C/C4=N\NC(=S)Nc1ccc(OC)cc1. The molecule has 6 nitrogen and oxygen atoms in total. The van der Waals surface area contributed by atoms with E-state index in [1.165, 1.54) is 31.4 Å². The molecule has 0 heterocycles. The van der Waals surface area contributed by atoms with E-state index in [0.29, 0.717) is 23.6 Å². The van der Waals surface area contributed by atoms with Crippen LogP contribution in [0.25, 0.3) is 0 Å². The van der Waals surface area contributed by atoms with Crippen molar-refractivity contribution in [2.24, 2.45) is 38.6 Å². The highest BCUT2D eigenvalue weighted by atomic mass is 32.1. The first-order chi connectivity index (χ1) is 17.6. The van der Waals surface area contributed by atoms with Crippen LogP contribution < -0.4 is 15.5 Å². The van der Waals surface area contributed by atoms with Crippen LogP contribution in [0.15, 0.2) is 29.4 Å². The molecule has 2 bridgehead atoms. The summed E-state index contributed by atoms with van der Waals surface area (Å²) in [6.07, 6.45) is 10.2. The van der Waals surface area contributed by atoms with Crippen molar-refractivity contribution >= 4 is 34.7 Å². The Balaban J connectivity index is 1.33. The smallest absolute Gasteiger partial charge is 0.312 e. The number of carbonyl (C=O) groups excluding carboxylic acids is 1. The maximum absolute atomic E-state index is 13.2. The van der Waals surface area contributed by atoms with Gasteiger partial charge in [-0.3, -0.25) is 10.2 Å². The van der Waals surface area contributed by atoms with E-state index in [0.717, 1.165) is 43.5 Å². The number of hydrogen-bond donors (Lipinski definition) is 2. The lowest BCUT2D eigenvalue weighted by Crippen LogP contribution is -2.58. The zero-order chi connectivity index (χ0) is 26.5. The Morgan fingerprint density at radius 2 is 1.81 bits per heavy atom. The molecule has 4 saturated carbocycles. The van der Waals surface area contributed by atoms with E-state index in [1.54, 1.807) is 7.11 Å². The third kappa shape index (κ3) is 4.35. The predicted molar refractivity (Wildman–Crippen MR) is 152 cm³/mol. The number of thiocarbonyl (C=S) groups is 1. The second kappa shape index (κ2) is 9.55. The van der Waals surface area contributed by atoms with E-state index in [1.807, 2.05) is 31.2 Å². The highest BCUT2D eigenvalue weighted by Crippen LogP contribution is 2.73. The Hall–Kier alpha value is -2.15. The highest BCUT2D eigenvalue weighted by molar-refractivity contribution is 7.80. The topological polar surface area (TPSA) is 72.0 Å². The Kier molecular flexibility index (Phi) is 6.83. The number of methoxy groups -OCH3 is 1. The minimum absolute atomic E-state index is 0.0262. The van der Waals surface area contributed by atoms with E-state index in [4.69, 9.17) is 26.8 Å². The van der Waals surface area contributed by atoms with Crippen molar-refractivity contribution in [3.63, 3.8) is 0 Å². The van der Waals surface area contributed by atoms with Crippen LogP contribution >= 0.6 is 12.2 Å². The molecule has 0 radical (unpaired) electrons. The van der Waals surface area contributed by atoms with Crippen LogP contribution in [-0.2, 0) is 9.53 Å². The second-order valence-electron chi connectivity index (χ2n) is 12.8. The van der Waals surface area contributed by atoms with Crippen LogP contribution in [0.3, 0.4) is 0 Å². The van der Waals surface area contributed by atoms with E-state index in [2.05, 4.69) is 31.5 Å². The Labute approximate surface area is 227 Å². The van der Waals surface area contributed by atoms with Crippen LogP contribution in [0, 0.1) is 33.5 Å². The van der Waals surface area contributed by atoms with Crippen LogP contribution in [-0.4, -0.2) is 30.5 Å². The summed E-state index contributed by atoms with van der Waals surface area (Å²) in [5, 5.41) is 8.66. The summed E-state index contributed by atoms with van der Waals surface area (Å²) in [5.41, 5.74) is 5.53. The van der Waals surface area contributed by atoms with Gasteiger partial charge in [-0.05, 0) is 124 Å². The molecule has 0 saturated heterocycles. The second-order valence-corrected chi connectivity index (χ2v) is 13.2. The Morgan fingerprint density at radius 1 is 1.08 bits per heavy atom. The quantitative estimate of drug-likeness (QED) is 0.253. The summed E-state index contributed by atoms with van der Waals surface area (Å²) in [4.78, 5) is 13.2. The molecule has 4 aliphatic rings. The largest absolute Gasteiger partial charge is 0.497 e. The number of esters is 1. The van der Waals surface area contributed by atoms with Crippen molar-refractivity contribution < 1.29 is 14.3 Å². The summed E-state index contributed by atoms with van der Waals surface area (Å²) >= 11 is 5.56. The number of nitrogens with zero attached hydrogens (tertiary/aromatic N) is 1. The molecule has 0 aliphatic heterocycles. The first-order valence-electron chi connectivity index (χ1n) is 14.0. The van der Waals surface area contributed by atoms with E-state index < -0.39 is 0 Å². The molecule has 2 N–H and O–H groups in total. The zero-order valence-electron chi connectivity index (χ0n) is 23.1. The summed E-state index contributed by atoms with van der Waals surface area (Å²) in [5.74, 6) is 1.86. The fraction of sp³-hybridized carbons (Fsp3) is 0.700. The summed E-state index contributed by atoms with van der Waals surface area (Å²) in [6.45, 7) is 9.48. The van der Waals surface area contributed by atoms with Crippen molar-refractivity contribution in [2.75, 3.05) is 19.0 Å². The fourth-order valence-electron chi connectivity index (χ4n) is 9.19. The molecule has 4 aliphatic carbocycles. The molecule has 1 spiro atoms. The van der Waals surface area contributed by atoms with Crippen molar-refractivity contribution in [3.05, 3.63) is 24.3 Å². The van der Waals surface area contributed by atoms with Gasteiger partial charge in [-0.1, -0.05) is 20.3 Å². The van der Waals surface area contributed by atoms with Crippen molar-refractivity contribution in [1.29, 1.82) is 0 Å². The molecule has 202 valence electrons. The fourth-order valence-corrected chi connectivity index (χ4v) is 9.36. The molecule has 5 rings (SSSR count). The zero-order valence-corrected chi connectivity index (χ0v) is 23.9. The van der Waals surface area contributed by atoms with Gasteiger partial charge in [-0.15, -0.1) is 0 Å². The third-order valence-electron chi connectivity index (χ3n) is 10.8. The standard InChI is InChI=1S/C30H43N3O3S/c1-6-36-25(34)29(4)15-7-14-28(3)22(29)13-17-30-18-24(27(2,19-30)16-12-23(28)30)32-33-26(37)31-20-8-10-21(35-5)11-9-20/h8-11,22-23H,6-7,12-19H2,1-5H3,(H2,31,33,37)/b32-24+/t22-,23-,27-,28+,29+,30-/m0/s1. The average molecular weight is 526 g/mol. The third-order valence-corrected chi connectivity index (χ3v) is 11.0. The number of fused-ring (bicyclic) bond motifs is 3. The van der Waals surface area contributed by atoms with E-state index >= 15 is 0 Å². The van der Waals surface area contributed by atoms with Gasteiger partial charge in [0.15, 0.2) is 5.11 Å². The van der Waals surface area contributed by atoms with Crippen LogP contribution in [0.4, 0.5) is 5.69 Å². The number of hydrazone groups is 1. The number of ether oxygens (including phenoxy) is 2. The number of carbonyl (C=O) groups is 1. The number of anilines is 1. The summed E-state index contributed by atoms with van der Waals surface area (Å²) < 4.78 is 10.9. The van der Waals surface area contributed by atoms with Gasteiger partial charge in [-0.2, -0.15) is 5.10 Å². The van der Waals surface area contributed by atoms with Crippen LogP contribution in [0.2, 0.25) is 0 Å². The van der Waals surface area contributed by atoms with Gasteiger partial charge in [0, 0.05) is 16.8 Å². The monoisotopic (exact) mass is 525 g/mol. The van der Waals surface area contributed by atoms with Gasteiger partial charge < -0.3 is 14.8 Å². The Bertz CT molecular complexity index is 1090. The normalized spacial score (nSPS) is 39.3. The van der Waals surface area contributed by atoms with Crippen LogP contribution in [0.5, 0.6) is 5.75 Å². The van der Waals surface area contributed by atoms with Gasteiger partial charge in [0.2, 0.25) is 0 Å². The number of nitrogens with one attached hydrogen (secondary N) is 2. The van der Waals surface area contributed by atoms with Gasteiger partial charge in [0.05, 0.1) is 19.1 Å². The number of benzene rings is 1. The lowest BCUT2D eigenvalue weighted by atomic mass is 9.40. The molecule has 7 heteroatoms. The first-order valence-corrected chi connectivity index (χ1v) is 14.4. The molecule has 1 aromatic rings. The molecule has 6 atom stereocenters.